The molecule has 2 rings (SSSR count). The number of piperidine rings is 1. The summed E-state index contributed by atoms with van der Waals surface area (Å²) in [4.78, 5) is 13.3. The van der Waals surface area contributed by atoms with Crippen LogP contribution in [0.5, 0.6) is 0 Å². The quantitative estimate of drug-likeness (QED) is 0.854. The van der Waals surface area contributed by atoms with Gasteiger partial charge < -0.3 is 10.0 Å². The van der Waals surface area contributed by atoms with E-state index in [0.29, 0.717) is 13.0 Å². The van der Waals surface area contributed by atoms with Crippen LogP contribution < -0.4 is 0 Å². The van der Waals surface area contributed by atoms with Gasteiger partial charge in [-0.15, -0.1) is 0 Å². The Morgan fingerprint density at radius 3 is 2.65 bits per heavy atom. The first kappa shape index (κ1) is 12.0. The summed E-state index contributed by atoms with van der Waals surface area (Å²) in [5, 5.41) is 9.22. The number of carboxylic acid groups (broad SMARTS) is 1. The zero-order valence-electron chi connectivity index (χ0n) is 9.77. The molecule has 0 saturated carbocycles. The third-order valence-electron chi connectivity index (χ3n) is 3.43. The first-order chi connectivity index (χ1) is 8.08. The predicted octanol–water partition coefficient (Wildman–Crippen LogP) is 1.95. The van der Waals surface area contributed by atoms with Gasteiger partial charge in [-0.1, -0.05) is 12.1 Å². The monoisotopic (exact) mass is 237 g/mol. The fourth-order valence-corrected chi connectivity index (χ4v) is 2.46. The minimum absolute atomic E-state index is 0.0492. The molecule has 0 radical (unpaired) electrons. The lowest BCUT2D eigenvalue weighted by molar-refractivity contribution is -0.144. The molecule has 0 aliphatic carbocycles. The summed E-state index contributed by atoms with van der Waals surface area (Å²) in [6, 6.07) is 6.16. The number of carboxylic acids is 1. The van der Waals surface area contributed by atoms with Crippen molar-refractivity contribution in [3.63, 3.8) is 0 Å². The topological polar surface area (TPSA) is 40.5 Å². The Labute approximate surface area is 99.9 Å². The van der Waals surface area contributed by atoms with E-state index in [-0.39, 0.29) is 17.7 Å². The molecule has 2 unspecified atom stereocenters. The first-order valence-electron chi connectivity index (χ1n) is 5.74. The van der Waals surface area contributed by atoms with E-state index in [1.54, 1.807) is 12.1 Å². The average molecular weight is 237 g/mol. The summed E-state index contributed by atoms with van der Waals surface area (Å²) in [6.07, 6.45) is 0.647. The molecule has 1 heterocycles. The molecule has 1 saturated heterocycles. The normalized spacial score (nSPS) is 25.8. The van der Waals surface area contributed by atoms with Gasteiger partial charge in [-0.05, 0) is 37.7 Å². The summed E-state index contributed by atoms with van der Waals surface area (Å²) in [6.45, 7) is 1.51. The Balaban J connectivity index is 2.25. The van der Waals surface area contributed by atoms with Crippen molar-refractivity contribution < 1.29 is 14.3 Å². The molecule has 0 bridgehead atoms. The highest BCUT2D eigenvalue weighted by Gasteiger charge is 2.33. The van der Waals surface area contributed by atoms with Gasteiger partial charge in [0.25, 0.3) is 0 Å². The van der Waals surface area contributed by atoms with Crippen molar-refractivity contribution in [1.82, 2.24) is 4.90 Å². The standard InChI is InChI=1S/C13H16FNO2/c1-15-7-6-11(13(16)17)12(8-15)9-2-4-10(14)5-3-9/h2-5,11-12H,6-8H2,1H3,(H,16,17). The first-order valence-corrected chi connectivity index (χ1v) is 5.74. The van der Waals surface area contributed by atoms with Crippen molar-refractivity contribution in [2.75, 3.05) is 20.1 Å². The average Bonchev–Trinajstić information content (AvgIpc) is 2.29. The molecule has 17 heavy (non-hydrogen) atoms. The molecule has 0 aromatic heterocycles. The van der Waals surface area contributed by atoms with Crippen LogP contribution in [0, 0.1) is 11.7 Å². The number of likely N-dealkylation sites (tertiary alicyclic amines) is 1. The highest BCUT2D eigenvalue weighted by atomic mass is 19.1. The van der Waals surface area contributed by atoms with Crippen LogP contribution >= 0.6 is 0 Å². The highest BCUT2D eigenvalue weighted by molar-refractivity contribution is 5.71. The van der Waals surface area contributed by atoms with Crippen LogP contribution in [0.15, 0.2) is 24.3 Å². The van der Waals surface area contributed by atoms with E-state index in [0.717, 1.165) is 12.1 Å². The molecular weight excluding hydrogens is 221 g/mol. The van der Waals surface area contributed by atoms with Gasteiger partial charge in [0, 0.05) is 12.5 Å². The van der Waals surface area contributed by atoms with Gasteiger partial charge in [0.15, 0.2) is 0 Å². The largest absolute Gasteiger partial charge is 0.481 e. The third kappa shape index (κ3) is 2.64. The van der Waals surface area contributed by atoms with E-state index >= 15 is 0 Å². The molecule has 2 atom stereocenters. The van der Waals surface area contributed by atoms with Gasteiger partial charge in [-0.25, -0.2) is 4.39 Å². The van der Waals surface area contributed by atoms with Crippen molar-refractivity contribution in [2.24, 2.45) is 5.92 Å². The second kappa shape index (κ2) is 4.84. The lowest BCUT2D eigenvalue weighted by Gasteiger charge is -2.34. The van der Waals surface area contributed by atoms with Crippen LogP contribution in [0.4, 0.5) is 4.39 Å². The second-order valence-corrected chi connectivity index (χ2v) is 4.65. The Hall–Kier alpha value is -1.42. The van der Waals surface area contributed by atoms with Crippen molar-refractivity contribution in [3.8, 4) is 0 Å². The zero-order chi connectivity index (χ0) is 12.4. The molecule has 0 amide bonds. The Bertz CT molecular complexity index is 404. The SMILES string of the molecule is CN1CCC(C(=O)O)C(c2ccc(F)cc2)C1. The number of benzene rings is 1. The predicted molar refractivity (Wildman–Crippen MR) is 62.4 cm³/mol. The van der Waals surface area contributed by atoms with E-state index < -0.39 is 5.97 Å². The van der Waals surface area contributed by atoms with Gasteiger partial charge in [0.2, 0.25) is 0 Å². The maximum absolute atomic E-state index is 12.9. The molecule has 92 valence electrons. The molecule has 3 nitrogen and oxygen atoms in total. The number of hydrogen-bond donors (Lipinski definition) is 1. The van der Waals surface area contributed by atoms with Crippen LogP contribution in [-0.2, 0) is 4.79 Å². The third-order valence-corrected chi connectivity index (χ3v) is 3.43. The number of hydrogen-bond acceptors (Lipinski definition) is 2. The van der Waals surface area contributed by atoms with Crippen LogP contribution in [0.1, 0.15) is 17.9 Å². The van der Waals surface area contributed by atoms with Crippen molar-refractivity contribution in [3.05, 3.63) is 35.6 Å². The van der Waals surface area contributed by atoms with Gasteiger partial charge in [-0.3, -0.25) is 4.79 Å². The Morgan fingerprint density at radius 1 is 1.41 bits per heavy atom. The molecule has 1 fully saturated rings. The number of likely N-dealkylation sites (N-methyl/N-ethyl adjacent to an activating group) is 1. The molecule has 0 spiro atoms. The van der Waals surface area contributed by atoms with Gasteiger partial charge in [-0.2, -0.15) is 0 Å². The van der Waals surface area contributed by atoms with Gasteiger partial charge in [0.05, 0.1) is 5.92 Å². The molecule has 1 aromatic carbocycles. The molecular formula is C13H16FNO2. The van der Waals surface area contributed by atoms with Crippen molar-refractivity contribution in [2.45, 2.75) is 12.3 Å². The second-order valence-electron chi connectivity index (χ2n) is 4.65. The molecule has 1 N–H and O–H groups in total. The number of aliphatic carboxylic acids is 1. The van der Waals surface area contributed by atoms with Crippen LogP contribution in [0.25, 0.3) is 0 Å². The lowest BCUT2D eigenvalue weighted by Crippen LogP contribution is -2.39. The minimum Gasteiger partial charge on any atom is -0.481 e. The van der Waals surface area contributed by atoms with Crippen molar-refractivity contribution >= 4 is 5.97 Å². The number of halogens is 1. The van der Waals surface area contributed by atoms with Crippen molar-refractivity contribution in [1.29, 1.82) is 0 Å². The Kier molecular flexibility index (Phi) is 3.43. The number of rotatable bonds is 2. The number of nitrogens with zero attached hydrogens (tertiary/aromatic N) is 1. The van der Waals surface area contributed by atoms with Crippen LogP contribution in [0.3, 0.4) is 0 Å². The highest BCUT2D eigenvalue weighted by Crippen LogP contribution is 2.32. The van der Waals surface area contributed by atoms with E-state index in [4.69, 9.17) is 0 Å². The minimum atomic E-state index is -0.757. The van der Waals surface area contributed by atoms with Crippen LogP contribution in [0.2, 0.25) is 0 Å². The summed E-state index contributed by atoms with van der Waals surface area (Å²) in [7, 11) is 1.98. The Morgan fingerprint density at radius 2 is 2.06 bits per heavy atom. The fourth-order valence-electron chi connectivity index (χ4n) is 2.46. The molecule has 1 aliphatic heterocycles. The zero-order valence-corrected chi connectivity index (χ0v) is 9.77. The smallest absolute Gasteiger partial charge is 0.307 e. The summed E-state index contributed by atoms with van der Waals surface area (Å²) >= 11 is 0. The fraction of sp³-hybridized carbons (Fsp3) is 0.462. The van der Waals surface area contributed by atoms with E-state index in [2.05, 4.69) is 4.90 Å². The van der Waals surface area contributed by atoms with E-state index in [1.165, 1.54) is 12.1 Å². The maximum atomic E-state index is 12.9. The van der Waals surface area contributed by atoms with Gasteiger partial charge in [0.1, 0.15) is 5.82 Å². The maximum Gasteiger partial charge on any atom is 0.307 e. The summed E-state index contributed by atoms with van der Waals surface area (Å²) in [5.74, 6) is -1.46. The summed E-state index contributed by atoms with van der Waals surface area (Å²) in [5.41, 5.74) is 0.908. The summed E-state index contributed by atoms with van der Waals surface area (Å²) < 4.78 is 12.9. The molecule has 4 heteroatoms. The lowest BCUT2D eigenvalue weighted by atomic mass is 9.81. The number of carbonyl (C=O) groups is 1. The van der Waals surface area contributed by atoms with E-state index in [1.807, 2.05) is 7.05 Å². The van der Waals surface area contributed by atoms with E-state index in [9.17, 15) is 14.3 Å². The van der Waals surface area contributed by atoms with Crippen LogP contribution in [-0.4, -0.2) is 36.1 Å². The molecule has 1 aromatic rings. The molecule has 1 aliphatic rings. The van der Waals surface area contributed by atoms with Gasteiger partial charge >= 0.3 is 5.97 Å².